The van der Waals surface area contributed by atoms with E-state index in [0.717, 1.165) is 25.9 Å². The molecule has 2 amide bonds. The molecule has 2 aliphatic heterocycles. The minimum absolute atomic E-state index is 0.0590. The summed E-state index contributed by atoms with van der Waals surface area (Å²) < 4.78 is 24.0. The van der Waals surface area contributed by atoms with E-state index in [1.807, 2.05) is 85.8 Å². The molecule has 5 rings (SSSR count). The predicted octanol–water partition coefficient (Wildman–Crippen LogP) is 6.02. The van der Waals surface area contributed by atoms with E-state index in [1.165, 1.54) is 0 Å². The number of benzene rings is 3. The Bertz CT molecular complexity index is 1400. The molecule has 1 saturated heterocycles. The normalized spacial score (nSPS) is 23.7. The van der Waals surface area contributed by atoms with Gasteiger partial charge in [-0.05, 0) is 65.0 Å². The summed E-state index contributed by atoms with van der Waals surface area (Å²) in [5.74, 6) is -0.905. The van der Waals surface area contributed by atoms with Crippen LogP contribution in [0.4, 0.5) is 9.80 Å². The molecule has 3 aromatic carbocycles. The van der Waals surface area contributed by atoms with Crippen LogP contribution in [0.1, 0.15) is 30.0 Å². The number of ether oxygens (including phenoxy) is 1. The molecule has 0 aromatic heterocycles. The fourth-order valence-corrected chi connectivity index (χ4v) is 9.50. The van der Waals surface area contributed by atoms with E-state index in [9.17, 15) is 14.7 Å². The van der Waals surface area contributed by atoms with Gasteiger partial charge in [0, 0.05) is 33.7 Å². The second kappa shape index (κ2) is 11.9. The van der Waals surface area contributed by atoms with Gasteiger partial charge in [0.15, 0.2) is 5.60 Å². The summed E-state index contributed by atoms with van der Waals surface area (Å²) in [6.07, 6.45) is -0.826. The van der Waals surface area contributed by atoms with Crippen LogP contribution in [0.25, 0.3) is 0 Å². The molecule has 0 bridgehead atoms. The first kappa shape index (κ1) is 29.9. The highest BCUT2D eigenvalue weighted by molar-refractivity contribution is 14.1. The zero-order valence-electron chi connectivity index (χ0n) is 23.6. The number of amides is 2. The third kappa shape index (κ3) is 5.73. The van der Waals surface area contributed by atoms with Crippen LogP contribution in [0.2, 0.25) is 18.6 Å². The number of fused-ring (bicyclic) bond motifs is 2. The first-order chi connectivity index (χ1) is 19.6. The lowest BCUT2D eigenvalue weighted by molar-refractivity contribution is -0.150. The van der Waals surface area contributed by atoms with Crippen LogP contribution in [-0.4, -0.2) is 49.5 Å². The van der Waals surface area contributed by atoms with Crippen LogP contribution >= 0.6 is 22.6 Å². The number of carbonyl (C=O) groups excluding carboxylic acids is 2. The standard InChI is InChI=1S/C32H36FIN2O4Si/c1-22-30(41(2,3)33)28(19-29(38)35(17-18-37)20-23-9-5-4-6-10-23)40-32(22)26-11-7-8-12-27(26)36(31(32)39)21-24-13-15-25(34)16-14-24/h4-16,22,28,30,37H,17-21H2,1-3H3/t22-,28+,30-,32+/m0/s1. The Morgan fingerprint density at radius 2 is 1.71 bits per heavy atom. The number of halogens is 2. The first-order valence-corrected chi connectivity index (χ1v) is 18.0. The molecule has 1 N–H and O–H groups in total. The number of nitrogens with zero attached hydrogens (tertiary/aromatic N) is 2. The molecule has 0 aliphatic carbocycles. The Labute approximate surface area is 255 Å². The summed E-state index contributed by atoms with van der Waals surface area (Å²) in [6, 6.07) is 25.2. The van der Waals surface area contributed by atoms with E-state index in [0.29, 0.717) is 13.1 Å². The Morgan fingerprint density at radius 3 is 2.37 bits per heavy atom. The van der Waals surface area contributed by atoms with Crippen molar-refractivity contribution in [3.63, 3.8) is 0 Å². The van der Waals surface area contributed by atoms with Gasteiger partial charge >= 0.3 is 0 Å². The number of hydrogen-bond acceptors (Lipinski definition) is 4. The molecule has 0 saturated carbocycles. The van der Waals surface area contributed by atoms with E-state index in [1.54, 1.807) is 22.9 Å². The average molecular weight is 687 g/mol. The number of anilines is 1. The Hall–Kier alpha value is -2.60. The molecule has 2 heterocycles. The van der Waals surface area contributed by atoms with E-state index in [2.05, 4.69) is 22.6 Å². The third-order valence-corrected chi connectivity index (χ3v) is 11.6. The molecule has 1 spiro atoms. The second-order valence-corrected chi connectivity index (χ2v) is 16.6. The van der Waals surface area contributed by atoms with Crippen molar-refractivity contribution in [2.75, 3.05) is 18.1 Å². The highest BCUT2D eigenvalue weighted by atomic mass is 127. The zero-order valence-corrected chi connectivity index (χ0v) is 26.8. The van der Waals surface area contributed by atoms with Gasteiger partial charge in [0.25, 0.3) is 5.91 Å². The number of rotatable bonds is 9. The monoisotopic (exact) mass is 686 g/mol. The van der Waals surface area contributed by atoms with Gasteiger partial charge in [0.2, 0.25) is 14.3 Å². The van der Waals surface area contributed by atoms with Gasteiger partial charge < -0.3 is 23.8 Å². The van der Waals surface area contributed by atoms with Gasteiger partial charge in [0.05, 0.1) is 31.4 Å². The Morgan fingerprint density at radius 1 is 1.05 bits per heavy atom. The molecule has 0 radical (unpaired) electrons. The van der Waals surface area contributed by atoms with E-state index in [-0.39, 0.29) is 31.4 Å². The number of hydrogen-bond donors (Lipinski definition) is 1. The topological polar surface area (TPSA) is 70.1 Å². The van der Waals surface area contributed by atoms with Gasteiger partial charge in [0.1, 0.15) is 0 Å². The SMILES string of the molecule is C[C@H]1[C@H]([Si](C)(C)F)[C@@H](CC(=O)N(CCO)Cc2ccccc2)O[C@]12C(=O)N(Cc1ccc(I)cc1)c1ccccc12. The van der Waals surface area contributed by atoms with Crippen molar-refractivity contribution in [3.8, 4) is 0 Å². The van der Waals surface area contributed by atoms with Gasteiger partial charge in [-0.15, -0.1) is 0 Å². The Kier molecular flexibility index (Phi) is 8.70. The zero-order chi connectivity index (χ0) is 29.4. The molecule has 4 atom stereocenters. The smallest absolute Gasteiger partial charge is 0.264 e. The molecule has 0 unspecified atom stereocenters. The van der Waals surface area contributed by atoms with Crippen LogP contribution in [0.5, 0.6) is 0 Å². The van der Waals surface area contributed by atoms with Gasteiger partial charge in [-0.1, -0.05) is 67.6 Å². The van der Waals surface area contributed by atoms with Gasteiger partial charge in [-0.2, -0.15) is 0 Å². The van der Waals surface area contributed by atoms with Crippen LogP contribution in [-0.2, 0) is 33.0 Å². The van der Waals surface area contributed by atoms with Crippen LogP contribution in [0.3, 0.4) is 0 Å². The summed E-state index contributed by atoms with van der Waals surface area (Å²) in [4.78, 5) is 31.4. The number of carbonyl (C=O) groups is 2. The molecule has 1 fully saturated rings. The fourth-order valence-electron chi connectivity index (χ4n) is 6.65. The molecular formula is C32H36FIN2O4Si. The average Bonchev–Trinajstić information content (AvgIpc) is 3.37. The first-order valence-electron chi connectivity index (χ1n) is 14.0. The number of para-hydroxylation sites is 1. The van der Waals surface area contributed by atoms with Crippen molar-refractivity contribution in [1.82, 2.24) is 4.90 Å². The lowest BCUT2D eigenvalue weighted by Gasteiger charge is -2.31. The summed E-state index contributed by atoms with van der Waals surface area (Å²) in [5.41, 5.74) is 1.48. The molecule has 6 nitrogen and oxygen atoms in total. The lowest BCUT2D eigenvalue weighted by atomic mass is 9.82. The summed E-state index contributed by atoms with van der Waals surface area (Å²) in [7, 11) is -3.41. The Balaban J connectivity index is 1.48. The largest absolute Gasteiger partial charge is 0.395 e. The third-order valence-electron chi connectivity index (χ3n) is 8.44. The maximum Gasteiger partial charge on any atom is 0.264 e. The van der Waals surface area contributed by atoms with Crippen LogP contribution < -0.4 is 4.90 Å². The van der Waals surface area contributed by atoms with Crippen molar-refractivity contribution < 1.29 is 23.5 Å². The van der Waals surface area contributed by atoms with Crippen molar-refractivity contribution >= 4 is 48.5 Å². The summed E-state index contributed by atoms with van der Waals surface area (Å²) in [5, 5.41) is 9.70. The number of aliphatic hydroxyl groups excluding tert-OH is 1. The van der Waals surface area contributed by atoms with E-state index < -0.39 is 31.6 Å². The van der Waals surface area contributed by atoms with E-state index in [4.69, 9.17) is 4.74 Å². The van der Waals surface area contributed by atoms with Gasteiger partial charge in [-0.3, -0.25) is 9.59 Å². The van der Waals surface area contributed by atoms with Gasteiger partial charge in [-0.25, -0.2) is 0 Å². The van der Waals surface area contributed by atoms with Crippen LogP contribution in [0.15, 0.2) is 78.9 Å². The van der Waals surface area contributed by atoms with E-state index >= 15 is 4.11 Å². The fraction of sp³-hybridized carbons (Fsp3) is 0.375. The van der Waals surface area contributed by atoms with Crippen molar-refractivity contribution in [3.05, 3.63) is 99.1 Å². The molecule has 216 valence electrons. The quantitative estimate of drug-likeness (QED) is 0.170. The summed E-state index contributed by atoms with van der Waals surface area (Å²) in [6.45, 7) is 5.86. The molecule has 41 heavy (non-hydrogen) atoms. The highest BCUT2D eigenvalue weighted by Gasteiger charge is 2.66. The second-order valence-electron chi connectivity index (χ2n) is 11.5. The molecule has 3 aromatic rings. The molecule has 9 heteroatoms. The minimum atomic E-state index is -3.41. The maximum atomic E-state index is 16.1. The maximum absolute atomic E-state index is 16.1. The van der Waals surface area contributed by atoms with Crippen molar-refractivity contribution in [2.24, 2.45) is 5.92 Å². The van der Waals surface area contributed by atoms with Crippen molar-refractivity contribution in [1.29, 1.82) is 0 Å². The number of aliphatic hydroxyl groups is 1. The lowest BCUT2D eigenvalue weighted by Crippen LogP contribution is -2.45. The summed E-state index contributed by atoms with van der Waals surface area (Å²) >= 11 is 2.25. The van der Waals surface area contributed by atoms with Crippen LogP contribution in [0, 0.1) is 9.49 Å². The predicted molar refractivity (Wildman–Crippen MR) is 168 cm³/mol. The molecular weight excluding hydrogens is 650 g/mol. The highest BCUT2D eigenvalue weighted by Crippen LogP contribution is 2.60. The minimum Gasteiger partial charge on any atom is -0.395 e. The molecule has 2 aliphatic rings. The van der Waals surface area contributed by atoms with Crippen molar-refractivity contribution in [2.45, 2.75) is 56.8 Å².